The summed E-state index contributed by atoms with van der Waals surface area (Å²) in [7, 11) is 3.34. The first kappa shape index (κ1) is 13.4. The van der Waals surface area contributed by atoms with Gasteiger partial charge in [0.25, 0.3) is 0 Å². The van der Waals surface area contributed by atoms with E-state index in [1.807, 2.05) is 19.1 Å². The smallest absolute Gasteiger partial charge is 0.352 e. The van der Waals surface area contributed by atoms with E-state index in [9.17, 15) is 9.90 Å². The third-order valence-electron chi connectivity index (χ3n) is 3.14. The summed E-state index contributed by atoms with van der Waals surface area (Å²) in [6.45, 7) is 2.88. The fourth-order valence-corrected chi connectivity index (χ4v) is 2.13. The number of ether oxygens (including phenoxy) is 2. The Morgan fingerprint density at radius 1 is 1.37 bits per heavy atom. The number of methoxy groups -OCH3 is 1. The summed E-state index contributed by atoms with van der Waals surface area (Å²) in [6, 6.07) is 5.46. The summed E-state index contributed by atoms with van der Waals surface area (Å²) in [5.41, 5.74) is 2.08. The van der Waals surface area contributed by atoms with Gasteiger partial charge in [-0.05, 0) is 24.6 Å². The van der Waals surface area contributed by atoms with Crippen molar-refractivity contribution < 1.29 is 19.4 Å². The largest absolute Gasteiger partial charge is 0.489 e. The third-order valence-corrected chi connectivity index (χ3v) is 3.14. The number of aromatic carboxylic acids is 1. The number of rotatable bonds is 5. The minimum atomic E-state index is -0.944. The summed E-state index contributed by atoms with van der Waals surface area (Å²) in [6.07, 6.45) is 0. The molecule has 0 aliphatic carbocycles. The number of aryl methyl sites for hydroxylation is 2. The van der Waals surface area contributed by atoms with Gasteiger partial charge in [-0.15, -0.1) is 0 Å². The SMILES string of the molecule is COCCOc1ccc(C)c2cc(C(=O)O)n(C)c12. The molecule has 5 nitrogen and oxygen atoms in total. The molecule has 102 valence electrons. The van der Waals surface area contributed by atoms with Crippen LogP contribution in [-0.4, -0.2) is 36.0 Å². The lowest BCUT2D eigenvalue weighted by Gasteiger charge is -2.10. The van der Waals surface area contributed by atoms with Gasteiger partial charge in [0.1, 0.15) is 18.1 Å². The Morgan fingerprint density at radius 3 is 2.74 bits per heavy atom. The van der Waals surface area contributed by atoms with Gasteiger partial charge in [-0.2, -0.15) is 0 Å². The summed E-state index contributed by atoms with van der Waals surface area (Å²) >= 11 is 0. The maximum Gasteiger partial charge on any atom is 0.352 e. The second-order valence-electron chi connectivity index (χ2n) is 4.38. The molecule has 0 aliphatic heterocycles. The van der Waals surface area contributed by atoms with Crippen molar-refractivity contribution in [3.8, 4) is 5.75 Å². The molecule has 0 saturated heterocycles. The summed E-state index contributed by atoms with van der Waals surface area (Å²) < 4.78 is 12.2. The molecule has 2 rings (SSSR count). The van der Waals surface area contributed by atoms with Crippen molar-refractivity contribution in [2.24, 2.45) is 7.05 Å². The van der Waals surface area contributed by atoms with E-state index in [0.29, 0.717) is 19.0 Å². The molecule has 0 radical (unpaired) electrons. The topological polar surface area (TPSA) is 60.7 Å². The van der Waals surface area contributed by atoms with Crippen molar-refractivity contribution >= 4 is 16.9 Å². The Bertz CT molecular complexity index is 615. The molecule has 0 unspecified atom stereocenters. The molecule has 19 heavy (non-hydrogen) atoms. The van der Waals surface area contributed by atoms with Gasteiger partial charge in [-0.25, -0.2) is 4.79 Å². The first-order chi connectivity index (χ1) is 9.06. The molecule has 0 fully saturated rings. The highest BCUT2D eigenvalue weighted by Gasteiger charge is 2.16. The highest BCUT2D eigenvalue weighted by molar-refractivity contribution is 5.98. The van der Waals surface area contributed by atoms with Crippen LogP contribution in [0.2, 0.25) is 0 Å². The van der Waals surface area contributed by atoms with Crippen LogP contribution in [0, 0.1) is 6.92 Å². The quantitative estimate of drug-likeness (QED) is 0.840. The summed E-state index contributed by atoms with van der Waals surface area (Å²) in [5, 5.41) is 10.1. The predicted molar refractivity (Wildman–Crippen MR) is 72.0 cm³/mol. The molecule has 0 spiro atoms. The molecule has 0 saturated carbocycles. The molecule has 0 atom stereocenters. The highest BCUT2D eigenvalue weighted by Crippen LogP contribution is 2.30. The Hall–Kier alpha value is -2.01. The van der Waals surface area contributed by atoms with Crippen molar-refractivity contribution in [2.75, 3.05) is 20.3 Å². The molecule has 0 aliphatic rings. The number of carbonyl (C=O) groups is 1. The van der Waals surface area contributed by atoms with E-state index in [4.69, 9.17) is 9.47 Å². The van der Waals surface area contributed by atoms with Crippen LogP contribution < -0.4 is 4.74 Å². The third kappa shape index (κ3) is 2.42. The van der Waals surface area contributed by atoms with E-state index < -0.39 is 5.97 Å². The number of hydrogen-bond acceptors (Lipinski definition) is 3. The van der Waals surface area contributed by atoms with Crippen LogP contribution in [0.4, 0.5) is 0 Å². The molecule has 0 amide bonds. The lowest BCUT2D eigenvalue weighted by molar-refractivity contribution is 0.0687. The van der Waals surface area contributed by atoms with Crippen LogP contribution >= 0.6 is 0 Å². The Kier molecular flexibility index (Phi) is 3.76. The maximum atomic E-state index is 11.2. The van der Waals surface area contributed by atoms with Crippen LogP contribution in [0.3, 0.4) is 0 Å². The molecular weight excluding hydrogens is 246 g/mol. The number of aromatic nitrogens is 1. The molecule has 5 heteroatoms. The van der Waals surface area contributed by atoms with Crippen molar-refractivity contribution in [3.05, 3.63) is 29.5 Å². The van der Waals surface area contributed by atoms with Gasteiger partial charge in [0.2, 0.25) is 0 Å². The molecule has 1 heterocycles. The Morgan fingerprint density at radius 2 is 2.11 bits per heavy atom. The van der Waals surface area contributed by atoms with Gasteiger partial charge in [-0.1, -0.05) is 6.07 Å². The van der Waals surface area contributed by atoms with Crippen LogP contribution in [0.1, 0.15) is 16.1 Å². The average Bonchev–Trinajstić information content (AvgIpc) is 2.72. The van der Waals surface area contributed by atoms with E-state index >= 15 is 0 Å². The number of nitrogens with zero attached hydrogens (tertiary/aromatic N) is 1. The molecule has 1 N–H and O–H groups in total. The van der Waals surface area contributed by atoms with Crippen LogP contribution in [-0.2, 0) is 11.8 Å². The minimum Gasteiger partial charge on any atom is -0.489 e. The lowest BCUT2D eigenvalue weighted by Crippen LogP contribution is -2.07. The first-order valence-corrected chi connectivity index (χ1v) is 6.00. The van der Waals surface area contributed by atoms with Gasteiger partial charge in [-0.3, -0.25) is 0 Å². The van der Waals surface area contributed by atoms with Crippen LogP contribution in [0.25, 0.3) is 10.9 Å². The van der Waals surface area contributed by atoms with E-state index in [0.717, 1.165) is 16.5 Å². The fourth-order valence-electron chi connectivity index (χ4n) is 2.13. The Labute approximate surface area is 111 Å². The summed E-state index contributed by atoms with van der Waals surface area (Å²) in [5.74, 6) is -0.270. The highest BCUT2D eigenvalue weighted by atomic mass is 16.5. The van der Waals surface area contributed by atoms with Gasteiger partial charge >= 0.3 is 5.97 Å². The van der Waals surface area contributed by atoms with Crippen molar-refractivity contribution in [2.45, 2.75) is 6.92 Å². The standard InChI is InChI=1S/C14H17NO4/c1-9-4-5-12(19-7-6-18-3)13-10(9)8-11(14(16)17)15(13)2/h4-5,8H,6-7H2,1-3H3,(H,16,17). The zero-order valence-corrected chi connectivity index (χ0v) is 11.3. The summed E-state index contributed by atoms with van der Waals surface area (Å²) in [4.78, 5) is 11.2. The van der Waals surface area contributed by atoms with Crippen LogP contribution in [0.5, 0.6) is 5.75 Å². The second kappa shape index (κ2) is 5.32. The predicted octanol–water partition coefficient (Wildman–Crippen LogP) is 2.21. The van der Waals surface area contributed by atoms with Crippen molar-refractivity contribution in [1.82, 2.24) is 4.57 Å². The van der Waals surface area contributed by atoms with Gasteiger partial charge in [0.15, 0.2) is 0 Å². The van der Waals surface area contributed by atoms with E-state index in [-0.39, 0.29) is 5.69 Å². The van der Waals surface area contributed by atoms with Crippen molar-refractivity contribution in [1.29, 1.82) is 0 Å². The lowest BCUT2D eigenvalue weighted by atomic mass is 10.1. The van der Waals surface area contributed by atoms with Gasteiger partial charge in [0.05, 0.1) is 12.1 Å². The van der Waals surface area contributed by atoms with E-state index in [1.165, 1.54) is 0 Å². The zero-order valence-electron chi connectivity index (χ0n) is 11.3. The molecular formula is C14H17NO4. The fraction of sp³-hybridized carbons (Fsp3) is 0.357. The van der Waals surface area contributed by atoms with Gasteiger partial charge < -0.3 is 19.1 Å². The average molecular weight is 263 g/mol. The van der Waals surface area contributed by atoms with E-state index in [2.05, 4.69) is 0 Å². The number of hydrogen-bond donors (Lipinski definition) is 1. The first-order valence-electron chi connectivity index (χ1n) is 6.00. The number of benzene rings is 1. The zero-order chi connectivity index (χ0) is 14.0. The van der Waals surface area contributed by atoms with E-state index in [1.54, 1.807) is 24.8 Å². The monoisotopic (exact) mass is 263 g/mol. The second-order valence-corrected chi connectivity index (χ2v) is 4.38. The molecule has 1 aromatic carbocycles. The molecule has 0 bridgehead atoms. The van der Waals surface area contributed by atoms with Crippen molar-refractivity contribution in [3.63, 3.8) is 0 Å². The normalized spacial score (nSPS) is 10.9. The molecule has 1 aromatic heterocycles. The molecule has 2 aromatic rings. The Balaban J connectivity index is 2.53. The number of carboxylic acid groups (broad SMARTS) is 1. The van der Waals surface area contributed by atoms with Crippen LogP contribution in [0.15, 0.2) is 18.2 Å². The number of fused-ring (bicyclic) bond motifs is 1. The van der Waals surface area contributed by atoms with Gasteiger partial charge in [0, 0.05) is 19.5 Å². The maximum absolute atomic E-state index is 11.2. The number of carboxylic acids is 1. The minimum absolute atomic E-state index is 0.251.